The van der Waals surface area contributed by atoms with Gasteiger partial charge in [0.25, 0.3) is 0 Å². The van der Waals surface area contributed by atoms with Crippen molar-refractivity contribution in [2.24, 2.45) is 0 Å². The van der Waals surface area contributed by atoms with E-state index in [9.17, 15) is 0 Å². The quantitative estimate of drug-likeness (QED) is 0.186. The lowest BCUT2D eigenvalue weighted by atomic mass is 9.90. The van der Waals surface area contributed by atoms with Gasteiger partial charge in [-0.3, -0.25) is 0 Å². The predicted molar refractivity (Wildman–Crippen MR) is 212 cm³/mol. The summed E-state index contributed by atoms with van der Waals surface area (Å²) in [5.74, 6) is 0.691. The molecule has 51 heavy (non-hydrogen) atoms. The van der Waals surface area contributed by atoms with E-state index in [2.05, 4.69) is 152 Å². The number of aromatic nitrogens is 2. The summed E-state index contributed by atoms with van der Waals surface area (Å²) in [5, 5.41) is 6.96. The first-order valence-corrected chi connectivity index (χ1v) is 17.2. The molecule has 0 saturated heterocycles. The van der Waals surface area contributed by atoms with Crippen molar-refractivity contribution in [3.63, 3.8) is 0 Å². The van der Waals surface area contributed by atoms with Gasteiger partial charge >= 0.3 is 0 Å². The van der Waals surface area contributed by atoms with Crippen molar-refractivity contribution < 1.29 is 4.42 Å². The second-order valence-corrected chi connectivity index (χ2v) is 13.0. The van der Waals surface area contributed by atoms with Crippen LogP contribution in [0, 0.1) is 0 Å². The third kappa shape index (κ3) is 5.06. The Bertz CT molecular complexity index is 2910. The molecule has 10 aromatic rings. The SMILES string of the molecule is c1ccc(-c2nc(-c3cc(-c4cccc5ccccc45)cc(-c4cccc5oc6ccccc6c45)c3)cc(-c3cccc4ccccc34)n2)cc1. The molecule has 0 amide bonds. The third-order valence-corrected chi connectivity index (χ3v) is 9.87. The second kappa shape index (κ2) is 11.9. The van der Waals surface area contributed by atoms with E-state index in [1.54, 1.807) is 0 Å². The maximum absolute atomic E-state index is 6.35. The molecule has 0 aliphatic carbocycles. The monoisotopic (exact) mass is 650 g/mol. The summed E-state index contributed by atoms with van der Waals surface area (Å²) in [6.07, 6.45) is 0. The highest BCUT2D eigenvalue weighted by atomic mass is 16.3. The van der Waals surface area contributed by atoms with Crippen molar-refractivity contribution in [1.29, 1.82) is 0 Å². The molecule has 0 fully saturated rings. The van der Waals surface area contributed by atoms with Crippen molar-refractivity contribution in [1.82, 2.24) is 9.97 Å². The molecule has 8 aromatic carbocycles. The molecule has 238 valence electrons. The molecule has 0 aliphatic rings. The summed E-state index contributed by atoms with van der Waals surface area (Å²) in [6.45, 7) is 0. The summed E-state index contributed by atoms with van der Waals surface area (Å²) >= 11 is 0. The fourth-order valence-corrected chi connectivity index (χ4v) is 7.48. The lowest BCUT2D eigenvalue weighted by molar-refractivity contribution is 0.669. The summed E-state index contributed by atoms with van der Waals surface area (Å²) in [7, 11) is 0. The Morgan fingerprint density at radius 3 is 1.65 bits per heavy atom. The number of fused-ring (bicyclic) bond motifs is 5. The van der Waals surface area contributed by atoms with Crippen molar-refractivity contribution in [2.75, 3.05) is 0 Å². The van der Waals surface area contributed by atoms with Gasteiger partial charge in [-0.15, -0.1) is 0 Å². The number of para-hydroxylation sites is 1. The number of hydrogen-bond acceptors (Lipinski definition) is 3. The van der Waals surface area contributed by atoms with E-state index in [0.29, 0.717) is 5.82 Å². The van der Waals surface area contributed by atoms with Gasteiger partial charge in [0, 0.05) is 27.5 Å². The van der Waals surface area contributed by atoms with E-state index >= 15 is 0 Å². The van der Waals surface area contributed by atoms with Gasteiger partial charge in [-0.05, 0) is 80.2 Å². The van der Waals surface area contributed by atoms with Crippen LogP contribution in [0.1, 0.15) is 0 Å². The number of rotatable bonds is 5. The summed E-state index contributed by atoms with van der Waals surface area (Å²) < 4.78 is 6.35. The van der Waals surface area contributed by atoms with Crippen LogP contribution in [0.5, 0.6) is 0 Å². The molecule has 3 heteroatoms. The molecule has 0 radical (unpaired) electrons. The molecular weight excluding hydrogens is 621 g/mol. The van der Waals surface area contributed by atoms with Gasteiger partial charge in [-0.25, -0.2) is 9.97 Å². The van der Waals surface area contributed by atoms with E-state index in [4.69, 9.17) is 14.4 Å². The Morgan fingerprint density at radius 1 is 0.333 bits per heavy atom. The van der Waals surface area contributed by atoms with Gasteiger partial charge in [0.1, 0.15) is 11.2 Å². The second-order valence-electron chi connectivity index (χ2n) is 13.0. The summed E-state index contributed by atoms with van der Waals surface area (Å²) in [5.41, 5.74) is 11.1. The average Bonchev–Trinajstić information content (AvgIpc) is 3.59. The Hall–Kier alpha value is -6.84. The maximum Gasteiger partial charge on any atom is 0.160 e. The Kier molecular flexibility index (Phi) is 6.81. The standard InChI is InChI=1S/C48H30N2O/c1-2-15-33(16-3-1)48-49-43(30-44(50-48)41-24-11-18-32-14-5-7-20-38(32)41)36-28-34(39-22-10-17-31-13-4-6-19-37(31)39)27-35(29-36)40-23-12-26-46-47(40)42-21-8-9-25-45(42)51-46/h1-30H. The highest BCUT2D eigenvalue weighted by molar-refractivity contribution is 6.13. The van der Waals surface area contributed by atoms with E-state index in [-0.39, 0.29) is 0 Å². The minimum atomic E-state index is 0.691. The largest absolute Gasteiger partial charge is 0.456 e. The van der Waals surface area contributed by atoms with Crippen LogP contribution in [-0.4, -0.2) is 9.97 Å². The zero-order valence-corrected chi connectivity index (χ0v) is 27.6. The Labute approximate surface area is 295 Å². The van der Waals surface area contributed by atoms with Crippen molar-refractivity contribution in [3.8, 4) is 56.2 Å². The van der Waals surface area contributed by atoms with Crippen molar-refractivity contribution in [2.45, 2.75) is 0 Å². The normalized spacial score (nSPS) is 11.5. The molecule has 0 spiro atoms. The minimum Gasteiger partial charge on any atom is -0.456 e. The molecule has 3 nitrogen and oxygen atoms in total. The van der Waals surface area contributed by atoms with E-state index < -0.39 is 0 Å². The fraction of sp³-hybridized carbons (Fsp3) is 0. The molecule has 0 saturated carbocycles. The number of hydrogen-bond donors (Lipinski definition) is 0. The van der Waals surface area contributed by atoms with Gasteiger partial charge in [0.2, 0.25) is 0 Å². The fourth-order valence-electron chi connectivity index (χ4n) is 7.48. The van der Waals surface area contributed by atoms with Gasteiger partial charge in [-0.1, -0.05) is 146 Å². The molecule has 0 atom stereocenters. The molecular formula is C48H30N2O. The average molecular weight is 651 g/mol. The highest BCUT2D eigenvalue weighted by Gasteiger charge is 2.18. The zero-order valence-electron chi connectivity index (χ0n) is 27.6. The molecule has 0 aliphatic heterocycles. The Morgan fingerprint density at radius 2 is 0.863 bits per heavy atom. The number of furan rings is 1. The minimum absolute atomic E-state index is 0.691. The van der Waals surface area contributed by atoms with Crippen LogP contribution in [0.3, 0.4) is 0 Å². The van der Waals surface area contributed by atoms with Crippen molar-refractivity contribution in [3.05, 3.63) is 182 Å². The Balaban J connectivity index is 1.27. The summed E-state index contributed by atoms with van der Waals surface area (Å²) in [4.78, 5) is 10.5. The van der Waals surface area contributed by atoms with Gasteiger partial charge in [0.15, 0.2) is 5.82 Å². The van der Waals surface area contributed by atoms with Crippen LogP contribution in [0.15, 0.2) is 186 Å². The van der Waals surface area contributed by atoms with Gasteiger partial charge in [-0.2, -0.15) is 0 Å². The van der Waals surface area contributed by atoms with Crippen LogP contribution in [0.25, 0.3) is 99.6 Å². The van der Waals surface area contributed by atoms with Crippen LogP contribution < -0.4 is 0 Å². The third-order valence-electron chi connectivity index (χ3n) is 9.87. The molecule has 0 N–H and O–H groups in total. The summed E-state index contributed by atoms with van der Waals surface area (Å²) in [6, 6.07) is 63.9. The molecule has 0 bridgehead atoms. The van der Waals surface area contributed by atoms with Gasteiger partial charge in [0.05, 0.1) is 11.4 Å². The number of nitrogens with zero attached hydrogens (tertiary/aromatic N) is 2. The van der Waals surface area contributed by atoms with Crippen LogP contribution in [0.4, 0.5) is 0 Å². The molecule has 10 rings (SSSR count). The molecule has 2 aromatic heterocycles. The predicted octanol–water partition coefficient (Wildman–Crippen LogP) is 13.0. The van der Waals surface area contributed by atoms with E-state index in [1.807, 2.05) is 30.3 Å². The first-order chi connectivity index (χ1) is 25.3. The maximum atomic E-state index is 6.35. The topological polar surface area (TPSA) is 38.9 Å². The van der Waals surface area contributed by atoms with Crippen LogP contribution >= 0.6 is 0 Å². The van der Waals surface area contributed by atoms with Crippen molar-refractivity contribution >= 4 is 43.5 Å². The van der Waals surface area contributed by atoms with E-state index in [0.717, 1.165) is 72.1 Å². The van der Waals surface area contributed by atoms with Crippen LogP contribution in [0.2, 0.25) is 0 Å². The zero-order chi connectivity index (χ0) is 33.7. The smallest absolute Gasteiger partial charge is 0.160 e. The first-order valence-electron chi connectivity index (χ1n) is 17.2. The van der Waals surface area contributed by atoms with Crippen LogP contribution in [-0.2, 0) is 0 Å². The first kappa shape index (κ1) is 29.1. The van der Waals surface area contributed by atoms with E-state index in [1.165, 1.54) is 21.7 Å². The lowest BCUT2D eigenvalue weighted by Gasteiger charge is -2.15. The lowest BCUT2D eigenvalue weighted by Crippen LogP contribution is -1.97. The molecule has 2 heterocycles. The molecule has 0 unspecified atom stereocenters. The van der Waals surface area contributed by atoms with Gasteiger partial charge < -0.3 is 4.42 Å². The number of benzene rings is 8. The highest BCUT2D eigenvalue weighted by Crippen LogP contribution is 2.41.